The van der Waals surface area contributed by atoms with Crippen molar-refractivity contribution in [2.75, 3.05) is 28.4 Å². The summed E-state index contributed by atoms with van der Waals surface area (Å²) in [5, 5.41) is 128. The van der Waals surface area contributed by atoms with Crippen LogP contribution in [0.1, 0.15) is 0 Å². The minimum Gasteiger partial charge on any atom is -0.485 e. The van der Waals surface area contributed by atoms with Gasteiger partial charge in [-0.3, -0.25) is 80.9 Å². The Balaban J connectivity index is 0.000000187. The van der Waals surface area contributed by atoms with Gasteiger partial charge in [0, 0.05) is 48.5 Å². The number of nitro groups is 8. The first kappa shape index (κ1) is 54.5. The molecular formula is C32H24N24O20. The molecule has 8 aromatic rings. The van der Waals surface area contributed by atoms with Crippen LogP contribution in [0.3, 0.4) is 0 Å². The average molecular weight is 1060 g/mol. The van der Waals surface area contributed by atoms with Gasteiger partial charge in [0.05, 0.1) is 90.6 Å². The van der Waals surface area contributed by atoms with Crippen molar-refractivity contribution in [3.63, 3.8) is 0 Å². The maximum absolute atomic E-state index is 10.9. The van der Waals surface area contributed by atoms with E-state index < -0.39 is 108 Å². The number of benzene rings is 4. The second-order valence-electron chi connectivity index (χ2n) is 13.1. The van der Waals surface area contributed by atoms with Crippen molar-refractivity contribution in [1.82, 2.24) is 80.8 Å². The molecule has 44 nitrogen and oxygen atoms in total. The molecule has 8 rings (SSSR count). The quantitative estimate of drug-likeness (QED) is 0.0985. The molecule has 0 saturated carbocycles. The van der Waals surface area contributed by atoms with Gasteiger partial charge in [-0.1, -0.05) is 0 Å². The Morgan fingerprint density at radius 2 is 0.447 bits per heavy atom. The van der Waals surface area contributed by atoms with Crippen molar-refractivity contribution in [1.29, 1.82) is 0 Å². The number of rotatable bonds is 16. The smallest absolute Gasteiger partial charge is 0.320 e. The average Bonchev–Trinajstić information content (AvgIpc) is 4.27. The number of nitro benzene ring substituents is 8. The first-order valence-electron chi connectivity index (χ1n) is 19.1. The van der Waals surface area contributed by atoms with Crippen molar-refractivity contribution in [3.8, 4) is 45.7 Å². The maximum Gasteiger partial charge on any atom is 0.320 e. The highest BCUT2D eigenvalue weighted by molar-refractivity contribution is 5.68. The van der Waals surface area contributed by atoms with Gasteiger partial charge in [0.1, 0.15) is 25.3 Å². The fourth-order valence-electron chi connectivity index (χ4n) is 5.91. The van der Waals surface area contributed by atoms with Crippen molar-refractivity contribution in [2.45, 2.75) is 0 Å². The van der Waals surface area contributed by atoms with Crippen molar-refractivity contribution >= 4 is 45.5 Å². The van der Waals surface area contributed by atoms with E-state index in [1.807, 2.05) is 0 Å². The van der Waals surface area contributed by atoms with Crippen LogP contribution >= 0.6 is 0 Å². The Bertz CT molecular complexity index is 2870. The van der Waals surface area contributed by atoms with Gasteiger partial charge in [-0.15, -0.1) is 20.4 Å². The predicted molar refractivity (Wildman–Crippen MR) is 236 cm³/mol. The number of hydrogen-bond donors (Lipinski definition) is 0. The van der Waals surface area contributed by atoms with E-state index in [4.69, 9.17) is 18.9 Å². The molecule has 0 N–H and O–H groups in total. The van der Waals surface area contributed by atoms with Gasteiger partial charge >= 0.3 is 45.5 Å². The summed E-state index contributed by atoms with van der Waals surface area (Å²) in [6, 6.07) is 8.68. The number of hydrogen-bond acceptors (Lipinski definition) is 32. The molecule has 0 saturated heterocycles. The molecule has 4 aromatic heterocycles. The van der Waals surface area contributed by atoms with Gasteiger partial charge in [0.2, 0.25) is 0 Å². The Kier molecular flexibility index (Phi) is 17.2. The second-order valence-corrected chi connectivity index (χ2v) is 13.1. The van der Waals surface area contributed by atoms with E-state index in [2.05, 4.69) is 62.1 Å². The molecule has 392 valence electrons. The van der Waals surface area contributed by atoms with Gasteiger partial charge < -0.3 is 18.9 Å². The lowest BCUT2D eigenvalue weighted by molar-refractivity contribution is -0.396. The number of methoxy groups -OCH3 is 4. The summed E-state index contributed by atoms with van der Waals surface area (Å²) in [6.45, 7) is 0. The molecule has 0 aliphatic carbocycles. The first-order valence-corrected chi connectivity index (χ1v) is 19.1. The lowest BCUT2D eigenvalue weighted by atomic mass is 10.2. The highest BCUT2D eigenvalue weighted by atomic mass is 16.7. The number of aromatic nitrogens is 16. The zero-order valence-electron chi connectivity index (χ0n) is 37.8. The Morgan fingerprint density at radius 1 is 0.303 bits per heavy atom. The third-order valence-corrected chi connectivity index (χ3v) is 8.98. The van der Waals surface area contributed by atoms with E-state index in [0.29, 0.717) is 0 Å². The van der Waals surface area contributed by atoms with Crippen LogP contribution in [0.5, 0.6) is 23.0 Å². The molecule has 76 heavy (non-hydrogen) atoms. The second kappa shape index (κ2) is 23.9. The molecule has 0 fully saturated rings. The minimum atomic E-state index is -0.778. The van der Waals surface area contributed by atoms with Crippen LogP contribution in [0.4, 0.5) is 45.5 Å². The molecule has 0 aliphatic rings. The monoisotopic (exact) mass is 1060 g/mol. The van der Waals surface area contributed by atoms with E-state index in [1.54, 1.807) is 0 Å². The normalized spacial score (nSPS) is 10.2. The van der Waals surface area contributed by atoms with Crippen LogP contribution in [-0.4, -0.2) is 149 Å². The minimum absolute atomic E-state index is 0.0872. The fourth-order valence-corrected chi connectivity index (χ4v) is 5.91. The number of tetrazole rings is 4. The summed E-state index contributed by atoms with van der Waals surface area (Å²) in [6.07, 6.45) is 4.65. The van der Waals surface area contributed by atoms with Gasteiger partial charge in [0.15, 0.2) is 0 Å². The van der Waals surface area contributed by atoms with Crippen LogP contribution in [0.2, 0.25) is 0 Å². The Hall–Kier alpha value is -12.4. The van der Waals surface area contributed by atoms with E-state index in [1.165, 1.54) is 0 Å². The van der Waals surface area contributed by atoms with Crippen molar-refractivity contribution in [2.24, 2.45) is 0 Å². The van der Waals surface area contributed by atoms with Crippen LogP contribution in [0.25, 0.3) is 22.7 Å². The standard InChI is InChI=1S/4C8H6N6O5/c4*1-19-8-6(13(15)16)2-5(3-7(8)14(17)18)12-4-9-10-11-12/h4*2-4H,1H3. The van der Waals surface area contributed by atoms with E-state index in [-0.39, 0.29) is 22.7 Å². The van der Waals surface area contributed by atoms with Crippen LogP contribution in [0, 0.1) is 80.9 Å². The van der Waals surface area contributed by atoms with Crippen LogP contribution < -0.4 is 18.9 Å². The van der Waals surface area contributed by atoms with E-state index in [9.17, 15) is 80.9 Å². The molecule has 0 atom stereocenters. The molecule has 0 spiro atoms. The fraction of sp³-hybridized carbons (Fsp3) is 0.125. The summed E-state index contributed by atoms with van der Waals surface area (Å²) in [7, 11) is 4.47. The van der Waals surface area contributed by atoms with Gasteiger partial charge in [-0.2, -0.15) is 0 Å². The zero-order valence-corrected chi connectivity index (χ0v) is 37.8. The van der Waals surface area contributed by atoms with Crippen molar-refractivity contribution in [3.05, 3.63) is 155 Å². The molecule has 0 bridgehead atoms. The molecular weight excluding hydrogens is 1040 g/mol. The molecule has 44 heteroatoms. The van der Waals surface area contributed by atoms with Gasteiger partial charge in [-0.25, -0.2) is 18.7 Å². The van der Waals surface area contributed by atoms with E-state index >= 15 is 0 Å². The molecule has 0 aliphatic heterocycles. The highest BCUT2D eigenvalue weighted by Crippen LogP contribution is 2.42. The van der Waals surface area contributed by atoms with E-state index in [0.717, 1.165) is 121 Å². The van der Waals surface area contributed by atoms with Crippen LogP contribution in [-0.2, 0) is 0 Å². The van der Waals surface area contributed by atoms with Crippen LogP contribution in [0.15, 0.2) is 73.8 Å². The zero-order chi connectivity index (χ0) is 56.0. The predicted octanol–water partition coefficient (Wildman–Crippen LogP) is 1.95. The summed E-state index contributed by atoms with van der Waals surface area (Å²) < 4.78 is 23.2. The summed E-state index contributed by atoms with van der Waals surface area (Å²) in [5.41, 5.74) is -3.97. The highest BCUT2D eigenvalue weighted by Gasteiger charge is 2.32. The topological polar surface area (TPSA) is 556 Å². The number of ether oxygens (including phenoxy) is 4. The lowest BCUT2D eigenvalue weighted by Gasteiger charge is -2.05. The molecule has 0 radical (unpaired) electrons. The lowest BCUT2D eigenvalue weighted by Crippen LogP contribution is -2.03. The SMILES string of the molecule is COc1c([N+](=O)[O-])cc(-n2cnnn2)cc1[N+](=O)[O-].COc1c([N+](=O)[O-])cc(-n2cnnn2)cc1[N+](=O)[O-].COc1c([N+](=O)[O-])cc(-n2cnnn2)cc1[N+](=O)[O-].COc1c([N+](=O)[O-])cc(-n2cnnn2)cc1[N+](=O)[O-]. The van der Waals surface area contributed by atoms with Gasteiger partial charge in [-0.05, 0) is 41.7 Å². The van der Waals surface area contributed by atoms with Gasteiger partial charge in [0.25, 0.3) is 23.0 Å². The summed E-state index contributed by atoms with van der Waals surface area (Å²) >= 11 is 0. The largest absolute Gasteiger partial charge is 0.485 e. The molecule has 0 unspecified atom stereocenters. The van der Waals surface area contributed by atoms with Crippen molar-refractivity contribution < 1.29 is 58.3 Å². The third-order valence-electron chi connectivity index (χ3n) is 8.98. The summed E-state index contributed by atoms with van der Waals surface area (Å²) in [4.78, 5) is 81.1. The Morgan fingerprint density at radius 3 is 0.539 bits per heavy atom. The molecule has 4 heterocycles. The molecule has 4 aromatic carbocycles. The molecule has 0 amide bonds. The third kappa shape index (κ3) is 12.3. The Labute approximate surface area is 413 Å². The summed E-state index contributed by atoms with van der Waals surface area (Å²) in [5.74, 6) is -1.70. The first-order chi connectivity index (χ1) is 36.2. The maximum atomic E-state index is 10.9. The number of nitrogens with zero attached hydrogens (tertiary/aromatic N) is 24.